The Labute approximate surface area is 234 Å². The zero-order chi connectivity index (χ0) is 27.8. The monoisotopic (exact) mass is 526 g/mol. The summed E-state index contributed by atoms with van der Waals surface area (Å²) in [4.78, 5) is 0. The molecule has 0 aliphatic rings. The Morgan fingerprint density at radius 2 is 0.632 bits per heavy atom. The van der Waals surface area contributed by atoms with Crippen molar-refractivity contribution in [2.75, 3.05) is 26.4 Å². The van der Waals surface area contributed by atoms with Gasteiger partial charge in [-0.3, -0.25) is 0 Å². The number of unbranched alkanes of at least 4 members (excludes halogenated alkanes) is 12. The minimum Gasteiger partial charge on any atom is -0.488 e. The first-order chi connectivity index (χ1) is 18.7. The van der Waals surface area contributed by atoms with Crippen molar-refractivity contribution in [2.45, 2.75) is 130 Å². The van der Waals surface area contributed by atoms with Crippen LogP contribution in [0.2, 0.25) is 0 Å². The molecule has 0 unspecified atom stereocenters. The Kier molecular flexibility index (Phi) is 19.9. The third-order valence-corrected chi connectivity index (χ3v) is 6.59. The summed E-state index contributed by atoms with van der Waals surface area (Å²) in [6.45, 7) is 11.0. The van der Waals surface area contributed by atoms with Gasteiger partial charge in [0, 0.05) is 0 Å². The highest BCUT2D eigenvalue weighted by Crippen LogP contribution is 2.48. The molecule has 0 bridgehead atoms. The Hall–Kier alpha value is -2.46. The summed E-state index contributed by atoms with van der Waals surface area (Å²) in [6, 6.07) is 0. The average molecular weight is 527 g/mol. The summed E-state index contributed by atoms with van der Waals surface area (Å²) in [7, 11) is 0. The van der Waals surface area contributed by atoms with E-state index in [9.17, 15) is 0 Å². The summed E-state index contributed by atoms with van der Waals surface area (Å²) in [5.41, 5.74) is 1.09. The molecule has 1 aromatic rings. The first-order valence-electron chi connectivity index (χ1n) is 15.4. The molecular formula is C34H54O4. The third-order valence-electron chi connectivity index (χ3n) is 6.59. The predicted molar refractivity (Wildman–Crippen MR) is 161 cm³/mol. The van der Waals surface area contributed by atoms with Gasteiger partial charge in [0.2, 0.25) is 0 Å². The van der Waals surface area contributed by atoms with E-state index in [0.717, 1.165) is 51.4 Å². The van der Waals surface area contributed by atoms with Crippen LogP contribution in [0.25, 0.3) is 0 Å². The van der Waals surface area contributed by atoms with Crippen LogP contribution >= 0.6 is 0 Å². The van der Waals surface area contributed by atoms with Crippen molar-refractivity contribution in [2.24, 2.45) is 0 Å². The lowest BCUT2D eigenvalue weighted by atomic mass is 10.0. The standard InChI is InChI=1S/C34H54O4/c1-7-13-17-21-25-35-31-29(11-5)33(37-27-23-19-15-9-3)34(38-28-24-20-16-10-4)30(12-6)32(31)36-26-22-18-14-8-2/h5-6H,7-10,13-28H2,1-4H3. The van der Waals surface area contributed by atoms with Gasteiger partial charge in [-0.2, -0.15) is 0 Å². The van der Waals surface area contributed by atoms with Gasteiger partial charge in [-0.25, -0.2) is 0 Å². The number of hydrogen-bond donors (Lipinski definition) is 0. The SMILES string of the molecule is C#Cc1c(OCCCCCC)c(OCCCCCC)c(C#C)c(OCCCCCC)c1OCCCCCC. The Balaban J connectivity index is 3.40. The van der Waals surface area contributed by atoms with Crippen LogP contribution in [0.15, 0.2) is 0 Å². The molecule has 0 aromatic heterocycles. The molecule has 38 heavy (non-hydrogen) atoms. The third kappa shape index (κ3) is 12.4. The van der Waals surface area contributed by atoms with Gasteiger partial charge < -0.3 is 18.9 Å². The number of hydrogen-bond acceptors (Lipinski definition) is 4. The molecule has 0 amide bonds. The topological polar surface area (TPSA) is 36.9 Å². The van der Waals surface area contributed by atoms with Gasteiger partial charge in [-0.15, -0.1) is 12.8 Å². The highest BCUT2D eigenvalue weighted by atomic mass is 16.5. The van der Waals surface area contributed by atoms with Crippen LogP contribution < -0.4 is 18.9 Å². The zero-order valence-corrected chi connectivity index (χ0v) is 24.9. The van der Waals surface area contributed by atoms with Gasteiger partial charge in [0.15, 0.2) is 23.0 Å². The van der Waals surface area contributed by atoms with Crippen LogP contribution in [0, 0.1) is 24.7 Å². The maximum atomic E-state index is 6.33. The minimum atomic E-state index is 0.523. The van der Waals surface area contributed by atoms with Crippen LogP contribution in [-0.4, -0.2) is 26.4 Å². The molecule has 0 radical (unpaired) electrons. The molecule has 0 spiro atoms. The van der Waals surface area contributed by atoms with Crippen LogP contribution in [0.1, 0.15) is 142 Å². The van der Waals surface area contributed by atoms with Gasteiger partial charge in [-0.05, 0) is 25.7 Å². The van der Waals surface area contributed by atoms with Gasteiger partial charge in [0.1, 0.15) is 11.1 Å². The van der Waals surface area contributed by atoms with Gasteiger partial charge in [0.05, 0.1) is 26.4 Å². The molecule has 4 heteroatoms. The van der Waals surface area contributed by atoms with Crippen molar-refractivity contribution in [1.82, 2.24) is 0 Å². The quantitative estimate of drug-likeness (QED) is 0.0993. The summed E-state index contributed by atoms with van der Waals surface area (Å²) in [5, 5.41) is 0. The number of rotatable bonds is 24. The lowest BCUT2D eigenvalue weighted by Crippen LogP contribution is -2.11. The Bertz CT molecular complexity index is 708. The van der Waals surface area contributed by atoms with Crippen molar-refractivity contribution in [1.29, 1.82) is 0 Å². The fourth-order valence-electron chi connectivity index (χ4n) is 4.29. The van der Waals surface area contributed by atoms with Crippen LogP contribution in [0.5, 0.6) is 23.0 Å². The lowest BCUT2D eigenvalue weighted by molar-refractivity contribution is 0.237. The van der Waals surface area contributed by atoms with Gasteiger partial charge >= 0.3 is 0 Å². The average Bonchev–Trinajstić information content (AvgIpc) is 2.93. The molecule has 0 aliphatic carbocycles. The molecule has 0 heterocycles. The van der Waals surface area contributed by atoms with Gasteiger partial charge in [0.25, 0.3) is 0 Å². The Morgan fingerprint density at radius 3 is 0.816 bits per heavy atom. The maximum Gasteiger partial charge on any atom is 0.182 e. The van der Waals surface area contributed by atoms with Crippen LogP contribution in [0.4, 0.5) is 0 Å². The normalized spacial score (nSPS) is 10.6. The first kappa shape index (κ1) is 33.6. The van der Waals surface area contributed by atoms with Crippen molar-refractivity contribution in [3.05, 3.63) is 11.1 Å². The highest BCUT2D eigenvalue weighted by molar-refractivity contribution is 5.74. The summed E-state index contributed by atoms with van der Waals surface area (Å²) in [5.74, 6) is 7.78. The molecule has 0 fully saturated rings. The number of ether oxygens (including phenoxy) is 4. The van der Waals surface area contributed by atoms with Crippen molar-refractivity contribution in [3.63, 3.8) is 0 Å². The number of benzene rings is 1. The van der Waals surface area contributed by atoms with Crippen molar-refractivity contribution in [3.8, 4) is 47.7 Å². The van der Waals surface area contributed by atoms with E-state index in [4.69, 9.17) is 31.8 Å². The molecule has 1 aromatic carbocycles. The van der Waals surface area contributed by atoms with E-state index in [1.807, 2.05) is 0 Å². The summed E-state index contributed by atoms with van der Waals surface area (Å²) >= 11 is 0. The van der Waals surface area contributed by atoms with Crippen molar-refractivity contribution >= 4 is 0 Å². The molecule has 0 saturated carbocycles. The smallest absolute Gasteiger partial charge is 0.182 e. The van der Waals surface area contributed by atoms with Crippen LogP contribution in [0.3, 0.4) is 0 Å². The Morgan fingerprint density at radius 1 is 0.395 bits per heavy atom. The highest BCUT2D eigenvalue weighted by Gasteiger charge is 2.28. The maximum absolute atomic E-state index is 6.33. The second-order valence-corrected chi connectivity index (χ2v) is 9.99. The number of terminal acetylenes is 2. The van der Waals surface area contributed by atoms with Gasteiger partial charge in [-0.1, -0.05) is 117 Å². The second kappa shape index (κ2) is 22.5. The van der Waals surface area contributed by atoms with E-state index in [2.05, 4.69) is 39.5 Å². The van der Waals surface area contributed by atoms with Crippen LogP contribution in [-0.2, 0) is 0 Å². The fraction of sp³-hybridized carbons (Fsp3) is 0.706. The molecule has 1 rings (SSSR count). The molecule has 0 atom stereocenters. The minimum absolute atomic E-state index is 0.523. The lowest BCUT2D eigenvalue weighted by Gasteiger charge is -2.23. The molecular weight excluding hydrogens is 472 g/mol. The summed E-state index contributed by atoms with van der Waals surface area (Å²) < 4.78 is 25.3. The fourth-order valence-corrected chi connectivity index (χ4v) is 4.29. The zero-order valence-electron chi connectivity index (χ0n) is 24.9. The molecule has 214 valence electrons. The van der Waals surface area contributed by atoms with Crippen molar-refractivity contribution < 1.29 is 18.9 Å². The molecule has 4 nitrogen and oxygen atoms in total. The van der Waals surface area contributed by atoms with E-state index in [1.54, 1.807) is 0 Å². The van der Waals surface area contributed by atoms with E-state index in [-0.39, 0.29) is 0 Å². The van der Waals surface area contributed by atoms with E-state index < -0.39 is 0 Å². The van der Waals surface area contributed by atoms with E-state index in [1.165, 1.54) is 51.4 Å². The molecule has 0 aliphatic heterocycles. The molecule has 0 saturated heterocycles. The predicted octanol–water partition coefficient (Wildman–Crippen LogP) is 9.49. The van der Waals surface area contributed by atoms with E-state index in [0.29, 0.717) is 60.6 Å². The van der Waals surface area contributed by atoms with E-state index >= 15 is 0 Å². The summed E-state index contributed by atoms with van der Waals surface area (Å²) in [6.07, 6.45) is 29.8. The molecule has 0 N–H and O–H groups in total. The largest absolute Gasteiger partial charge is 0.488 e. The second-order valence-electron chi connectivity index (χ2n) is 9.99. The first-order valence-corrected chi connectivity index (χ1v) is 15.4.